The lowest BCUT2D eigenvalue weighted by molar-refractivity contribution is 0.278. The molecule has 3 atom stereocenters. The van der Waals surface area contributed by atoms with Gasteiger partial charge in [-0.1, -0.05) is 6.42 Å². The Kier molecular flexibility index (Phi) is 5.20. The number of hydrogen-bond acceptors (Lipinski definition) is 4. The molecule has 0 saturated heterocycles. The number of nitrogens with zero attached hydrogens (tertiary/aromatic N) is 1. The molecule has 1 N–H and O–H groups in total. The largest absolute Gasteiger partial charge is 0.311 e. The second-order valence-electron chi connectivity index (χ2n) is 5.52. The van der Waals surface area contributed by atoms with E-state index in [1.807, 2.05) is 19.2 Å². The summed E-state index contributed by atoms with van der Waals surface area (Å²) in [6, 6.07) is 3.96. The first kappa shape index (κ1) is 15.9. The maximum absolute atomic E-state index is 11.8. The molecule has 1 heterocycles. The van der Waals surface area contributed by atoms with Crippen molar-refractivity contribution in [1.29, 1.82) is 0 Å². The maximum atomic E-state index is 11.8. The van der Waals surface area contributed by atoms with Gasteiger partial charge in [0, 0.05) is 16.9 Å². The van der Waals surface area contributed by atoms with Crippen molar-refractivity contribution >= 4 is 25.8 Å². The first-order valence-electron chi connectivity index (χ1n) is 6.90. The number of sulfone groups is 1. The van der Waals surface area contributed by atoms with Gasteiger partial charge in [0.15, 0.2) is 0 Å². The van der Waals surface area contributed by atoms with Gasteiger partial charge in [-0.2, -0.15) is 0 Å². The molecule has 0 amide bonds. The van der Waals surface area contributed by atoms with Gasteiger partial charge in [-0.15, -0.1) is 0 Å². The highest BCUT2D eigenvalue weighted by molar-refractivity contribution is 9.10. The quantitative estimate of drug-likeness (QED) is 0.896. The van der Waals surface area contributed by atoms with E-state index in [0.717, 1.165) is 29.4 Å². The van der Waals surface area contributed by atoms with Crippen molar-refractivity contribution in [3.8, 4) is 0 Å². The van der Waals surface area contributed by atoms with Crippen LogP contribution in [0.2, 0.25) is 0 Å². The Hall–Kier alpha value is -0.460. The average Bonchev–Trinajstić information content (AvgIpc) is 2.41. The van der Waals surface area contributed by atoms with Crippen LogP contribution < -0.4 is 5.32 Å². The third-order valence-corrected chi connectivity index (χ3v) is 6.45. The predicted octanol–water partition coefficient (Wildman–Crippen LogP) is 2.71. The zero-order valence-corrected chi connectivity index (χ0v) is 14.2. The number of halogens is 1. The van der Waals surface area contributed by atoms with Gasteiger partial charge < -0.3 is 5.32 Å². The van der Waals surface area contributed by atoms with Crippen molar-refractivity contribution in [1.82, 2.24) is 10.3 Å². The van der Waals surface area contributed by atoms with Gasteiger partial charge in [0.2, 0.25) is 0 Å². The van der Waals surface area contributed by atoms with Gasteiger partial charge >= 0.3 is 0 Å². The number of rotatable bonds is 4. The second-order valence-corrected chi connectivity index (χ2v) is 8.70. The summed E-state index contributed by atoms with van der Waals surface area (Å²) in [6.45, 7) is 0. The first-order chi connectivity index (χ1) is 9.43. The molecule has 0 spiro atoms. The molecule has 6 heteroatoms. The summed E-state index contributed by atoms with van der Waals surface area (Å²) < 4.78 is 24.6. The van der Waals surface area contributed by atoms with Crippen molar-refractivity contribution in [3.05, 3.63) is 28.5 Å². The van der Waals surface area contributed by atoms with Crippen LogP contribution >= 0.6 is 15.9 Å². The van der Waals surface area contributed by atoms with E-state index in [2.05, 4.69) is 26.2 Å². The number of pyridine rings is 1. The van der Waals surface area contributed by atoms with E-state index in [0.29, 0.717) is 12.3 Å². The van der Waals surface area contributed by atoms with Gasteiger partial charge in [-0.3, -0.25) is 4.98 Å². The van der Waals surface area contributed by atoms with Gasteiger partial charge in [-0.05, 0) is 60.3 Å². The molecule has 112 valence electrons. The Balaban J connectivity index is 2.22. The van der Waals surface area contributed by atoms with Gasteiger partial charge in [-0.25, -0.2) is 8.42 Å². The summed E-state index contributed by atoms with van der Waals surface area (Å²) >= 11 is 3.54. The van der Waals surface area contributed by atoms with Crippen molar-refractivity contribution in [2.45, 2.75) is 37.0 Å². The number of aromatic nitrogens is 1. The van der Waals surface area contributed by atoms with E-state index < -0.39 is 9.84 Å². The van der Waals surface area contributed by atoms with Crippen molar-refractivity contribution < 1.29 is 8.42 Å². The lowest BCUT2D eigenvalue weighted by Crippen LogP contribution is -2.34. The van der Waals surface area contributed by atoms with Crippen LogP contribution in [0.4, 0.5) is 0 Å². The van der Waals surface area contributed by atoms with Crippen molar-refractivity contribution in [3.63, 3.8) is 0 Å². The smallest absolute Gasteiger partial charge is 0.150 e. The second kappa shape index (κ2) is 6.54. The molecule has 3 unspecified atom stereocenters. The van der Waals surface area contributed by atoms with E-state index in [4.69, 9.17) is 0 Å². The number of hydrogen-bond donors (Lipinski definition) is 1. The monoisotopic (exact) mass is 360 g/mol. The van der Waals surface area contributed by atoms with E-state index >= 15 is 0 Å². The van der Waals surface area contributed by atoms with Gasteiger partial charge in [0.05, 0.1) is 17.0 Å². The van der Waals surface area contributed by atoms with Crippen molar-refractivity contribution in [2.75, 3.05) is 13.3 Å². The molecule has 4 nitrogen and oxygen atoms in total. The summed E-state index contributed by atoms with van der Waals surface area (Å²) in [5.41, 5.74) is 0.967. The molecule has 0 radical (unpaired) electrons. The zero-order chi connectivity index (χ0) is 14.8. The van der Waals surface area contributed by atoms with Crippen LogP contribution in [0.1, 0.15) is 37.4 Å². The summed E-state index contributed by atoms with van der Waals surface area (Å²) in [4.78, 5) is 4.45. The predicted molar refractivity (Wildman–Crippen MR) is 84.3 cm³/mol. The van der Waals surface area contributed by atoms with Crippen LogP contribution in [-0.4, -0.2) is 32.0 Å². The summed E-state index contributed by atoms with van der Waals surface area (Å²) in [7, 11) is -1.04. The summed E-state index contributed by atoms with van der Waals surface area (Å²) in [5, 5.41) is 3.10. The maximum Gasteiger partial charge on any atom is 0.150 e. The Bertz CT molecular complexity index is 562. The Morgan fingerprint density at radius 2 is 2.20 bits per heavy atom. The highest BCUT2D eigenvalue weighted by Gasteiger charge is 2.34. The minimum atomic E-state index is -2.95. The Morgan fingerprint density at radius 1 is 1.45 bits per heavy atom. The molecule has 1 aliphatic rings. The molecule has 1 aliphatic carbocycles. The lowest BCUT2D eigenvalue weighted by Gasteiger charge is -2.33. The van der Waals surface area contributed by atoms with Crippen LogP contribution in [-0.2, 0) is 9.84 Å². The Labute approximate surface area is 129 Å². The highest BCUT2D eigenvalue weighted by atomic mass is 79.9. The number of nitrogens with one attached hydrogen (secondary N) is 1. The topological polar surface area (TPSA) is 59.1 Å². The summed E-state index contributed by atoms with van der Waals surface area (Å²) in [6.07, 6.45) is 6.64. The SMILES string of the molecule is CNC(c1ncccc1Br)C1CCCC(S(C)(=O)=O)C1. The standard InChI is InChI=1S/C14H21BrN2O2S/c1-16-13(14-12(15)7-4-8-17-14)10-5-3-6-11(9-10)20(2,18)19/h4,7-8,10-11,13,16H,3,5-6,9H2,1-2H3. The molecule has 2 rings (SSSR count). The third kappa shape index (κ3) is 3.59. The normalized spacial score (nSPS) is 25.4. The van der Waals surface area contributed by atoms with Crippen LogP contribution in [0, 0.1) is 5.92 Å². The lowest BCUT2D eigenvalue weighted by atomic mass is 9.82. The van der Waals surface area contributed by atoms with E-state index in [9.17, 15) is 8.42 Å². The molecule has 0 bridgehead atoms. The fraction of sp³-hybridized carbons (Fsp3) is 0.643. The molecule has 1 fully saturated rings. The molecule has 20 heavy (non-hydrogen) atoms. The van der Waals surface area contributed by atoms with E-state index in [1.54, 1.807) is 6.20 Å². The zero-order valence-electron chi connectivity index (χ0n) is 11.8. The molecule has 1 aromatic rings. The van der Waals surface area contributed by atoms with Gasteiger partial charge in [0.25, 0.3) is 0 Å². The molecular weight excluding hydrogens is 340 g/mol. The highest BCUT2D eigenvalue weighted by Crippen LogP contribution is 2.37. The molecule has 0 aromatic carbocycles. The minimum Gasteiger partial charge on any atom is -0.311 e. The van der Waals surface area contributed by atoms with Crippen molar-refractivity contribution in [2.24, 2.45) is 5.92 Å². The van der Waals surface area contributed by atoms with Gasteiger partial charge in [0.1, 0.15) is 9.84 Å². The fourth-order valence-corrected chi connectivity index (χ4v) is 4.79. The first-order valence-corrected chi connectivity index (χ1v) is 9.64. The third-order valence-electron chi connectivity index (χ3n) is 4.14. The van der Waals surface area contributed by atoms with Crippen LogP contribution in [0.3, 0.4) is 0 Å². The van der Waals surface area contributed by atoms with Crippen LogP contribution in [0.15, 0.2) is 22.8 Å². The van der Waals surface area contributed by atoms with Crippen LogP contribution in [0.5, 0.6) is 0 Å². The van der Waals surface area contributed by atoms with E-state index in [-0.39, 0.29) is 11.3 Å². The molecule has 0 aliphatic heterocycles. The van der Waals surface area contributed by atoms with E-state index in [1.165, 1.54) is 6.26 Å². The Morgan fingerprint density at radius 3 is 2.80 bits per heavy atom. The molecule has 1 saturated carbocycles. The fourth-order valence-electron chi connectivity index (χ4n) is 3.10. The minimum absolute atomic E-state index is 0.0927. The summed E-state index contributed by atoms with van der Waals surface area (Å²) in [5.74, 6) is 0.305. The average molecular weight is 361 g/mol. The molecular formula is C14H21BrN2O2S. The van der Waals surface area contributed by atoms with Crippen LogP contribution in [0.25, 0.3) is 0 Å². The molecule has 1 aromatic heterocycles.